The first-order chi connectivity index (χ1) is 6.67. The highest BCUT2D eigenvalue weighted by molar-refractivity contribution is 5.83. The van der Waals surface area contributed by atoms with E-state index in [-0.39, 0.29) is 11.9 Å². The van der Waals surface area contributed by atoms with Crippen LogP contribution in [0, 0.1) is 0 Å². The van der Waals surface area contributed by atoms with Gasteiger partial charge < -0.3 is 14.5 Å². The fraction of sp³-hybridized carbons (Fsp3) is 0.625. The highest BCUT2D eigenvalue weighted by atomic mass is 16.5. The van der Waals surface area contributed by atoms with E-state index in [1.54, 1.807) is 0 Å². The number of aromatic nitrogens is 2. The number of methoxy groups -OCH3 is 1. The number of carbonyl (C=O) groups excluding carboxylic acids is 1. The Morgan fingerprint density at radius 2 is 2.36 bits per heavy atom. The number of ether oxygens (including phenoxy) is 1. The first kappa shape index (κ1) is 10.6. The highest BCUT2D eigenvalue weighted by Gasteiger charge is 2.15. The molecule has 1 aromatic heterocycles. The summed E-state index contributed by atoms with van der Waals surface area (Å²) in [5.41, 5.74) is 0. The summed E-state index contributed by atoms with van der Waals surface area (Å²) in [6.45, 7) is 1.97. The van der Waals surface area contributed by atoms with Gasteiger partial charge in [-0.05, 0) is 14.0 Å². The van der Waals surface area contributed by atoms with Gasteiger partial charge in [-0.2, -0.15) is 0 Å². The lowest BCUT2D eigenvalue weighted by Crippen LogP contribution is -2.23. The van der Waals surface area contributed by atoms with E-state index in [4.69, 9.17) is 4.42 Å². The molecule has 0 aliphatic rings. The van der Waals surface area contributed by atoms with Crippen LogP contribution in [0.2, 0.25) is 0 Å². The van der Waals surface area contributed by atoms with Crippen molar-refractivity contribution in [3.05, 3.63) is 11.8 Å². The molecular formula is C8H13N3O3. The molecule has 6 nitrogen and oxygen atoms in total. The average Bonchev–Trinajstić information content (AvgIpc) is 2.65. The maximum atomic E-state index is 10.9. The van der Waals surface area contributed by atoms with Crippen molar-refractivity contribution >= 4 is 5.97 Å². The number of nitrogens with zero attached hydrogens (tertiary/aromatic N) is 2. The number of nitrogens with one attached hydrogen (secondary N) is 1. The molecule has 0 amide bonds. The fourth-order valence-electron chi connectivity index (χ4n) is 0.870. The molecule has 0 spiro atoms. The largest absolute Gasteiger partial charge is 0.462 e. The van der Waals surface area contributed by atoms with Gasteiger partial charge in [-0.25, -0.2) is 4.79 Å². The summed E-state index contributed by atoms with van der Waals surface area (Å²) in [5, 5.41) is 10.3. The van der Waals surface area contributed by atoms with E-state index in [0.717, 1.165) is 0 Å². The summed E-state index contributed by atoms with van der Waals surface area (Å²) in [5.74, 6) is -0.293. The van der Waals surface area contributed by atoms with E-state index >= 15 is 0 Å². The van der Waals surface area contributed by atoms with Gasteiger partial charge in [0, 0.05) is 12.5 Å². The predicted octanol–water partition coefficient (Wildman–Crippen LogP) is 0.00660. The molecule has 1 unspecified atom stereocenters. The van der Waals surface area contributed by atoms with Crippen LogP contribution in [0.15, 0.2) is 4.42 Å². The van der Waals surface area contributed by atoms with Crippen molar-refractivity contribution in [1.82, 2.24) is 15.5 Å². The number of esters is 1. The first-order valence-electron chi connectivity index (χ1n) is 4.25. The number of carbonyl (C=O) groups is 1. The summed E-state index contributed by atoms with van der Waals surface area (Å²) in [6.07, 6.45) is 0.584. The van der Waals surface area contributed by atoms with Gasteiger partial charge in [0.2, 0.25) is 5.89 Å². The van der Waals surface area contributed by atoms with Crippen LogP contribution in [-0.2, 0) is 11.2 Å². The molecule has 0 radical (unpaired) electrons. The molecular weight excluding hydrogens is 186 g/mol. The van der Waals surface area contributed by atoms with E-state index in [0.29, 0.717) is 12.3 Å². The van der Waals surface area contributed by atoms with Crippen molar-refractivity contribution in [2.75, 3.05) is 14.2 Å². The second-order valence-electron chi connectivity index (χ2n) is 2.89. The zero-order valence-electron chi connectivity index (χ0n) is 8.40. The number of hydrogen-bond acceptors (Lipinski definition) is 6. The van der Waals surface area contributed by atoms with Crippen molar-refractivity contribution in [3.63, 3.8) is 0 Å². The Hall–Kier alpha value is -1.43. The molecule has 0 saturated carbocycles. The Morgan fingerprint density at radius 1 is 1.64 bits per heavy atom. The lowest BCUT2D eigenvalue weighted by molar-refractivity contribution is 0.0553. The highest BCUT2D eigenvalue weighted by Crippen LogP contribution is 2.03. The van der Waals surface area contributed by atoms with Crippen molar-refractivity contribution < 1.29 is 13.9 Å². The van der Waals surface area contributed by atoms with Gasteiger partial charge in [-0.1, -0.05) is 0 Å². The molecule has 6 heteroatoms. The number of likely N-dealkylation sites (N-methyl/N-ethyl adjacent to an activating group) is 1. The normalized spacial score (nSPS) is 12.5. The Kier molecular flexibility index (Phi) is 3.58. The van der Waals surface area contributed by atoms with E-state index in [9.17, 15) is 4.79 Å². The minimum atomic E-state index is -0.610. The average molecular weight is 199 g/mol. The van der Waals surface area contributed by atoms with Crippen LogP contribution in [0.25, 0.3) is 0 Å². The Balaban J connectivity index is 2.63. The van der Waals surface area contributed by atoms with E-state index in [2.05, 4.69) is 20.3 Å². The fourth-order valence-corrected chi connectivity index (χ4v) is 0.870. The van der Waals surface area contributed by atoms with Crippen molar-refractivity contribution in [2.24, 2.45) is 0 Å². The van der Waals surface area contributed by atoms with Crippen LogP contribution >= 0.6 is 0 Å². The minimum absolute atomic E-state index is 0.106. The lowest BCUT2D eigenvalue weighted by Gasteiger charge is -2.04. The minimum Gasteiger partial charge on any atom is -0.462 e. The Morgan fingerprint density at radius 3 is 2.93 bits per heavy atom. The zero-order valence-corrected chi connectivity index (χ0v) is 8.40. The molecule has 78 valence electrons. The van der Waals surface area contributed by atoms with Crippen molar-refractivity contribution in [2.45, 2.75) is 19.4 Å². The molecule has 0 aromatic carbocycles. The third-order valence-corrected chi connectivity index (χ3v) is 1.80. The Bertz CT molecular complexity index is 311. The maximum Gasteiger partial charge on any atom is 0.396 e. The van der Waals surface area contributed by atoms with Gasteiger partial charge >= 0.3 is 11.9 Å². The van der Waals surface area contributed by atoms with Gasteiger partial charge in [0.1, 0.15) is 0 Å². The molecule has 14 heavy (non-hydrogen) atoms. The molecule has 0 bridgehead atoms. The predicted molar refractivity (Wildman–Crippen MR) is 47.9 cm³/mol. The summed E-state index contributed by atoms with van der Waals surface area (Å²) in [7, 11) is 3.10. The van der Waals surface area contributed by atoms with Crippen LogP contribution in [0.4, 0.5) is 0 Å². The molecule has 0 fully saturated rings. The molecule has 0 aliphatic carbocycles. The van der Waals surface area contributed by atoms with Crippen molar-refractivity contribution in [3.8, 4) is 0 Å². The quantitative estimate of drug-likeness (QED) is 0.688. The molecule has 1 atom stereocenters. The third kappa shape index (κ3) is 2.53. The van der Waals surface area contributed by atoms with Crippen LogP contribution in [0.3, 0.4) is 0 Å². The maximum absolute atomic E-state index is 10.9. The van der Waals surface area contributed by atoms with Crippen LogP contribution < -0.4 is 5.32 Å². The topological polar surface area (TPSA) is 77.2 Å². The summed E-state index contributed by atoms with van der Waals surface area (Å²) >= 11 is 0. The smallest absolute Gasteiger partial charge is 0.396 e. The van der Waals surface area contributed by atoms with Gasteiger partial charge in [-0.15, -0.1) is 10.2 Å². The lowest BCUT2D eigenvalue weighted by atomic mass is 10.2. The zero-order chi connectivity index (χ0) is 10.6. The first-order valence-corrected chi connectivity index (χ1v) is 4.25. The van der Waals surface area contributed by atoms with Crippen LogP contribution in [0.5, 0.6) is 0 Å². The summed E-state index contributed by atoms with van der Waals surface area (Å²) in [4.78, 5) is 10.9. The Labute approximate surface area is 81.6 Å². The molecule has 1 rings (SSSR count). The van der Waals surface area contributed by atoms with Gasteiger partial charge in [-0.3, -0.25) is 0 Å². The number of rotatable bonds is 4. The molecule has 1 heterocycles. The second-order valence-corrected chi connectivity index (χ2v) is 2.89. The standard InChI is InChI=1S/C8H13N3O3/c1-5(9-2)4-6-10-11-7(14-6)8(12)13-3/h5,9H,4H2,1-3H3. The van der Waals surface area contributed by atoms with Gasteiger partial charge in [0.25, 0.3) is 0 Å². The van der Waals surface area contributed by atoms with E-state index < -0.39 is 5.97 Å². The van der Waals surface area contributed by atoms with Gasteiger partial charge in [0.15, 0.2) is 0 Å². The van der Waals surface area contributed by atoms with E-state index in [1.165, 1.54) is 7.11 Å². The van der Waals surface area contributed by atoms with E-state index in [1.807, 2.05) is 14.0 Å². The van der Waals surface area contributed by atoms with Crippen LogP contribution in [-0.4, -0.2) is 36.4 Å². The summed E-state index contributed by atoms with van der Waals surface area (Å²) in [6, 6.07) is 0.223. The third-order valence-electron chi connectivity index (χ3n) is 1.80. The molecule has 1 N–H and O–H groups in total. The SMILES string of the molecule is CNC(C)Cc1nnc(C(=O)OC)o1. The van der Waals surface area contributed by atoms with Crippen molar-refractivity contribution in [1.29, 1.82) is 0 Å². The van der Waals surface area contributed by atoms with Gasteiger partial charge in [0.05, 0.1) is 7.11 Å². The van der Waals surface area contributed by atoms with Crippen LogP contribution in [0.1, 0.15) is 23.5 Å². The number of hydrogen-bond donors (Lipinski definition) is 1. The monoisotopic (exact) mass is 199 g/mol. The second kappa shape index (κ2) is 4.71. The molecule has 0 saturated heterocycles. The summed E-state index contributed by atoms with van der Waals surface area (Å²) < 4.78 is 9.50. The molecule has 1 aromatic rings. The molecule has 0 aliphatic heterocycles.